The Bertz CT molecular complexity index is 673. The van der Waals surface area contributed by atoms with E-state index in [0.717, 1.165) is 11.5 Å². The van der Waals surface area contributed by atoms with E-state index < -0.39 is 12.0 Å². The van der Waals surface area contributed by atoms with Crippen LogP contribution in [0.3, 0.4) is 0 Å². The van der Waals surface area contributed by atoms with Crippen molar-refractivity contribution >= 4 is 50.3 Å². The molecule has 0 aliphatic carbocycles. The number of aromatic carboxylic acids is 1. The third-order valence-corrected chi connectivity index (χ3v) is 3.62. The maximum Gasteiger partial charge on any atom is 0.335 e. The zero-order valence-corrected chi connectivity index (χ0v) is 12.6. The van der Waals surface area contributed by atoms with Gasteiger partial charge in [0, 0.05) is 16.0 Å². The van der Waals surface area contributed by atoms with Crippen molar-refractivity contribution in [2.75, 3.05) is 10.6 Å². The molecule has 2 amide bonds. The van der Waals surface area contributed by atoms with Gasteiger partial charge in [0.1, 0.15) is 5.82 Å². The second-order valence-electron chi connectivity index (χ2n) is 3.73. The number of anilines is 2. The van der Waals surface area contributed by atoms with Crippen molar-refractivity contribution in [3.63, 3.8) is 0 Å². The van der Waals surface area contributed by atoms with Crippen LogP contribution >= 0.6 is 27.5 Å². The number of nitrogens with one attached hydrogen (secondary N) is 2. The molecule has 2 rings (SSSR count). The Morgan fingerprint density at radius 3 is 2.70 bits per heavy atom. The van der Waals surface area contributed by atoms with Gasteiger partial charge in [-0.15, -0.1) is 0 Å². The fraction of sp³-hybridized carbons (Fsp3) is 0.0909. The highest BCUT2D eigenvalue weighted by molar-refractivity contribution is 9.10. The van der Waals surface area contributed by atoms with E-state index in [0.29, 0.717) is 21.1 Å². The summed E-state index contributed by atoms with van der Waals surface area (Å²) in [4.78, 5) is 26.6. The fourth-order valence-corrected chi connectivity index (χ4v) is 2.27. The molecule has 2 aromatic rings. The average Bonchev–Trinajstić information content (AvgIpc) is 2.77. The highest BCUT2D eigenvalue weighted by Gasteiger charge is 2.11. The van der Waals surface area contributed by atoms with Crippen LogP contribution in [0.5, 0.6) is 0 Å². The van der Waals surface area contributed by atoms with Gasteiger partial charge in [-0.1, -0.05) is 0 Å². The highest BCUT2D eigenvalue weighted by Crippen LogP contribution is 2.24. The second-order valence-corrected chi connectivity index (χ2v) is 5.33. The summed E-state index contributed by atoms with van der Waals surface area (Å²) in [6.07, 6.45) is 0. The summed E-state index contributed by atoms with van der Waals surface area (Å²) >= 11 is 4.30. The summed E-state index contributed by atoms with van der Waals surface area (Å²) in [7, 11) is 0. The topological polar surface area (TPSA) is 104 Å². The maximum atomic E-state index is 11.8. The van der Waals surface area contributed by atoms with E-state index >= 15 is 0 Å². The maximum absolute atomic E-state index is 11.8. The first-order valence-electron chi connectivity index (χ1n) is 5.37. The molecule has 0 aliphatic heterocycles. The molecule has 7 nitrogen and oxygen atoms in total. The molecule has 0 bridgehead atoms. The average molecular weight is 357 g/mol. The Kier molecular flexibility index (Phi) is 4.30. The van der Waals surface area contributed by atoms with E-state index in [1.807, 2.05) is 0 Å². The molecule has 1 aromatic heterocycles. The van der Waals surface area contributed by atoms with Gasteiger partial charge in [0.05, 0.1) is 11.3 Å². The number of carboxylic acid groups (broad SMARTS) is 1. The number of carboxylic acids is 1. The van der Waals surface area contributed by atoms with Crippen molar-refractivity contribution in [1.29, 1.82) is 0 Å². The van der Waals surface area contributed by atoms with Gasteiger partial charge in [-0.3, -0.25) is 5.32 Å². The molecule has 0 unspecified atom stereocenters. The van der Waals surface area contributed by atoms with E-state index in [-0.39, 0.29) is 5.56 Å². The number of halogens is 1. The Balaban J connectivity index is 2.11. The van der Waals surface area contributed by atoms with Crippen molar-refractivity contribution < 1.29 is 14.7 Å². The van der Waals surface area contributed by atoms with Gasteiger partial charge in [-0.25, -0.2) is 14.6 Å². The SMILES string of the molecule is Cc1nsc(NC(=O)Nc2cc(C(=O)O)ccc2Br)n1. The molecular formula is C11H9BrN4O3S. The number of carbonyl (C=O) groups is 2. The summed E-state index contributed by atoms with van der Waals surface area (Å²) in [6, 6.07) is 3.82. The van der Waals surface area contributed by atoms with E-state index in [4.69, 9.17) is 5.11 Å². The van der Waals surface area contributed by atoms with E-state index in [2.05, 4.69) is 35.9 Å². The van der Waals surface area contributed by atoms with Crippen LogP contribution < -0.4 is 10.6 Å². The molecule has 3 N–H and O–H groups in total. The van der Waals surface area contributed by atoms with E-state index in [1.54, 1.807) is 13.0 Å². The third kappa shape index (κ3) is 3.52. The number of nitrogens with zero attached hydrogens (tertiary/aromatic N) is 2. The predicted octanol–water partition coefficient (Wildman–Crippen LogP) is 2.95. The summed E-state index contributed by atoms with van der Waals surface area (Å²) in [5.41, 5.74) is 0.430. The lowest BCUT2D eigenvalue weighted by molar-refractivity contribution is 0.0697. The molecule has 0 radical (unpaired) electrons. The molecule has 1 aromatic carbocycles. The van der Waals surface area contributed by atoms with Crippen LogP contribution in [-0.2, 0) is 0 Å². The van der Waals surface area contributed by atoms with Gasteiger partial charge < -0.3 is 10.4 Å². The molecule has 0 aliphatic rings. The van der Waals surface area contributed by atoms with Gasteiger partial charge >= 0.3 is 12.0 Å². The zero-order chi connectivity index (χ0) is 14.7. The first-order valence-corrected chi connectivity index (χ1v) is 6.93. The molecule has 9 heteroatoms. The van der Waals surface area contributed by atoms with Crippen molar-refractivity contribution in [1.82, 2.24) is 9.36 Å². The first kappa shape index (κ1) is 14.4. The number of aryl methyl sites for hydroxylation is 1. The summed E-state index contributed by atoms with van der Waals surface area (Å²) in [5, 5.41) is 14.3. The molecule has 0 saturated carbocycles. The number of benzene rings is 1. The Labute approximate surface area is 126 Å². The van der Waals surface area contributed by atoms with Crippen LogP contribution in [0, 0.1) is 6.92 Å². The molecule has 0 saturated heterocycles. The van der Waals surface area contributed by atoms with Crippen molar-refractivity contribution in [2.24, 2.45) is 0 Å². The predicted molar refractivity (Wildman–Crippen MR) is 78.4 cm³/mol. The van der Waals surface area contributed by atoms with Gasteiger partial charge in [0.25, 0.3) is 0 Å². The van der Waals surface area contributed by atoms with Crippen LogP contribution in [0.25, 0.3) is 0 Å². The minimum Gasteiger partial charge on any atom is -0.478 e. The standard InChI is InChI=1S/C11H9BrN4O3S/c1-5-13-11(20-16-5)15-10(19)14-8-4-6(9(17)18)2-3-7(8)12/h2-4H,1H3,(H,17,18)(H2,13,14,15,16,19). The lowest BCUT2D eigenvalue weighted by Gasteiger charge is -2.08. The molecule has 0 fully saturated rings. The largest absolute Gasteiger partial charge is 0.478 e. The van der Waals surface area contributed by atoms with Crippen molar-refractivity contribution in [3.05, 3.63) is 34.1 Å². The van der Waals surface area contributed by atoms with Crippen LogP contribution in [0.1, 0.15) is 16.2 Å². The molecular weight excluding hydrogens is 348 g/mol. The number of hydrogen-bond donors (Lipinski definition) is 3. The van der Waals surface area contributed by atoms with Gasteiger partial charge in [-0.05, 0) is 41.1 Å². The quantitative estimate of drug-likeness (QED) is 0.784. The van der Waals surface area contributed by atoms with E-state index in [1.165, 1.54) is 12.1 Å². The lowest BCUT2D eigenvalue weighted by atomic mass is 10.2. The molecule has 104 valence electrons. The minimum atomic E-state index is -1.07. The van der Waals surface area contributed by atoms with Crippen LogP contribution in [0.2, 0.25) is 0 Å². The van der Waals surface area contributed by atoms with Gasteiger partial charge in [0.15, 0.2) is 0 Å². The number of aromatic nitrogens is 2. The Morgan fingerprint density at radius 1 is 1.35 bits per heavy atom. The third-order valence-electron chi connectivity index (χ3n) is 2.21. The number of urea groups is 1. The number of amides is 2. The highest BCUT2D eigenvalue weighted by atomic mass is 79.9. The Morgan fingerprint density at radius 2 is 2.10 bits per heavy atom. The van der Waals surface area contributed by atoms with Crippen molar-refractivity contribution in [3.8, 4) is 0 Å². The fourth-order valence-electron chi connectivity index (χ4n) is 1.35. The summed E-state index contributed by atoms with van der Waals surface area (Å²) in [5.74, 6) is -0.500. The first-order chi connectivity index (χ1) is 9.45. The molecule has 20 heavy (non-hydrogen) atoms. The summed E-state index contributed by atoms with van der Waals surface area (Å²) < 4.78 is 4.51. The van der Waals surface area contributed by atoms with E-state index in [9.17, 15) is 9.59 Å². The summed E-state index contributed by atoms with van der Waals surface area (Å²) in [6.45, 7) is 1.71. The van der Waals surface area contributed by atoms with Crippen LogP contribution in [0.15, 0.2) is 22.7 Å². The van der Waals surface area contributed by atoms with Crippen LogP contribution in [0.4, 0.5) is 15.6 Å². The minimum absolute atomic E-state index is 0.0789. The normalized spacial score (nSPS) is 10.1. The zero-order valence-electron chi connectivity index (χ0n) is 10.2. The number of hydrogen-bond acceptors (Lipinski definition) is 5. The Hall–Kier alpha value is -2.00. The smallest absolute Gasteiger partial charge is 0.335 e. The molecule has 0 spiro atoms. The van der Waals surface area contributed by atoms with Gasteiger partial charge in [-0.2, -0.15) is 4.37 Å². The van der Waals surface area contributed by atoms with Crippen molar-refractivity contribution in [2.45, 2.75) is 6.92 Å². The second kappa shape index (κ2) is 5.97. The lowest BCUT2D eigenvalue weighted by Crippen LogP contribution is -2.19. The number of rotatable bonds is 3. The molecule has 0 atom stereocenters. The van der Waals surface area contributed by atoms with Crippen LogP contribution in [-0.4, -0.2) is 26.5 Å². The van der Waals surface area contributed by atoms with Gasteiger partial charge in [0.2, 0.25) is 5.13 Å². The molecule has 1 heterocycles. The number of carbonyl (C=O) groups excluding carboxylic acids is 1. The monoisotopic (exact) mass is 356 g/mol.